The lowest BCUT2D eigenvalue weighted by molar-refractivity contribution is -0.146. The minimum atomic E-state index is -3.67. The van der Waals surface area contributed by atoms with Gasteiger partial charge in [-0.3, -0.25) is 13.9 Å². The molecule has 29 heavy (non-hydrogen) atoms. The van der Waals surface area contributed by atoms with Gasteiger partial charge in [-0.25, -0.2) is 8.42 Å². The van der Waals surface area contributed by atoms with Crippen LogP contribution in [-0.2, 0) is 19.6 Å². The maximum Gasteiger partial charge on any atom is 0.308 e. The molecule has 0 bridgehead atoms. The van der Waals surface area contributed by atoms with Crippen molar-refractivity contribution in [2.45, 2.75) is 17.7 Å². The second-order valence-electron chi connectivity index (χ2n) is 6.92. The van der Waals surface area contributed by atoms with Crippen LogP contribution < -0.4 is 4.31 Å². The van der Waals surface area contributed by atoms with E-state index >= 15 is 0 Å². The highest BCUT2D eigenvalue weighted by atomic mass is 32.2. The third kappa shape index (κ3) is 4.42. The van der Waals surface area contributed by atoms with Gasteiger partial charge in [0, 0.05) is 25.7 Å². The van der Waals surface area contributed by atoms with Crippen molar-refractivity contribution >= 4 is 27.6 Å². The molecular weight excluding hydrogens is 392 g/mol. The Labute approximate surface area is 170 Å². The fraction of sp³-hybridized carbons (Fsp3) is 0.333. The molecule has 0 aliphatic carbocycles. The van der Waals surface area contributed by atoms with Gasteiger partial charge >= 0.3 is 5.97 Å². The highest BCUT2D eigenvalue weighted by molar-refractivity contribution is 7.92. The van der Waals surface area contributed by atoms with E-state index in [0.29, 0.717) is 37.2 Å². The Hall–Kier alpha value is -2.87. The first-order valence-electron chi connectivity index (χ1n) is 9.35. The second-order valence-corrected chi connectivity index (χ2v) is 8.89. The Balaban J connectivity index is 1.69. The van der Waals surface area contributed by atoms with Crippen molar-refractivity contribution in [3.8, 4) is 0 Å². The van der Waals surface area contributed by atoms with Crippen LogP contribution in [0.2, 0.25) is 0 Å². The lowest BCUT2D eigenvalue weighted by Crippen LogP contribution is -2.40. The number of benzene rings is 2. The normalized spacial score (nSPS) is 15.0. The molecule has 2 aromatic carbocycles. The molecule has 0 radical (unpaired) electrons. The van der Waals surface area contributed by atoms with Crippen LogP contribution in [0.3, 0.4) is 0 Å². The van der Waals surface area contributed by atoms with E-state index in [1.54, 1.807) is 59.5 Å². The highest BCUT2D eigenvalue weighted by Crippen LogP contribution is 2.24. The number of carbonyl (C=O) groups excluding carboxylic acids is 2. The van der Waals surface area contributed by atoms with Gasteiger partial charge in [-0.1, -0.05) is 18.2 Å². The van der Waals surface area contributed by atoms with E-state index in [4.69, 9.17) is 4.74 Å². The summed E-state index contributed by atoms with van der Waals surface area (Å²) < 4.78 is 31.4. The average molecular weight is 416 g/mol. The van der Waals surface area contributed by atoms with E-state index in [2.05, 4.69) is 0 Å². The van der Waals surface area contributed by atoms with Crippen molar-refractivity contribution in [3.63, 3.8) is 0 Å². The summed E-state index contributed by atoms with van der Waals surface area (Å²) in [6.45, 7) is 0.977. The summed E-state index contributed by atoms with van der Waals surface area (Å²) in [6.07, 6.45) is 1.16. The van der Waals surface area contributed by atoms with E-state index in [1.165, 1.54) is 18.5 Å². The van der Waals surface area contributed by atoms with E-state index in [9.17, 15) is 18.0 Å². The lowest BCUT2D eigenvalue weighted by Gasteiger charge is -2.30. The zero-order chi connectivity index (χ0) is 21.0. The molecule has 0 saturated carbocycles. The Morgan fingerprint density at radius 1 is 1.00 bits per heavy atom. The predicted molar refractivity (Wildman–Crippen MR) is 109 cm³/mol. The number of anilines is 1. The summed E-state index contributed by atoms with van der Waals surface area (Å²) in [4.78, 5) is 26.3. The molecule has 1 fully saturated rings. The first-order chi connectivity index (χ1) is 13.8. The summed E-state index contributed by atoms with van der Waals surface area (Å²) in [5.41, 5.74) is 0.950. The smallest absolute Gasteiger partial charge is 0.308 e. The third-order valence-electron chi connectivity index (χ3n) is 5.20. The number of likely N-dealkylation sites (tertiary alicyclic amines) is 1. The van der Waals surface area contributed by atoms with Crippen molar-refractivity contribution in [3.05, 3.63) is 60.2 Å². The number of methoxy groups -OCH3 is 1. The van der Waals surface area contributed by atoms with Crippen LogP contribution in [0.4, 0.5) is 5.69 Å². The maximum atomic E-state index is 12.7. The number of ether oxygens (including phenoxy) is 1. The molecule has 1 amide bonds. The first kappa shape index (κ1) is 20.9. The van der Waals surface area contributed by atoms with Crippen LogP contribution in [-0.4, -0.2) is 52.4 Å². The van der Waals surface area contributed by atoms with Gasteiger partial charge in [-0.15, -0.1) is 0 Å². The van der Waals surface area contributed by atoms with E-state index in [0.717, 1.165) is 0 Å². The van der Waals surface area contributed by atoms with Crippen LogP contribution in [0.1, 0.15) is 23.2 Å². The molecule has 0 spiro atoms. The Kier molecular flexibility index (Phi) is 6.22. The van der Waals surface area contributed by atoms with Gasteiger partial charge in [0.15, 0.2) is 0 Å². The third-order valence-corrected chi connectivity index (χ3v) is 7.00. The van der Waals surface area contributed by atoms with Crippen molar-refractivity contribution in [1.82, 2.24) is 4.90 Å². The van der Waals surface area contributed by atoms with Crippen molar-refractivity contribution < 1.29 is 22.7 Å². The van der Waals surface area contributed by atoms with Crippen molar-refractivity contribution in [1.29, 1.82) is 0 Å². The molecule has 2 aromatic rings. The van der Waals surface area contributed by atoms with Gasteiger partial charge in [-0.2, -0.15) is 0 Å². The van der Waals surface area contributed by atoms with Gasteiger partial charge in [0.05, 0.1) is 23.6 Å². The lowest BCUT2D eigenvalue weighted by atomic mass is 9.96. The number of nitrogens with zero attached hydrogens (tertiary/aromatic N) is 2. The number of amides is 1. The van der Waals surface area contributed by atoms with Crippen LogP contribution in [0.25, 0.3) is 0 Å². The molecule has 0 aromatic heterocycles. The number of hydrogen-bond donors (Lipinski definition) is 0. The zero-order valence-electron chi connectivity index (χ0n) is 16.4. The standard InChI is InChI=1S/C21H24N2O5S/c1-22(29(26,27)19-6-4-3-5-7-19)18-10-8-16(9-11-18)20(24)23-14-12-17(13-15-23)21(25)28-2/h3-11,17H,12-15H2,1-2H3. The monoisotopic (exact) mass is 416 g/mol. The Morgan fingerprint density at radius 2 is 1.59 bits per heavy atom. The van der Waals surface area contributed by atoms with Crippen molar-refractivity contribution in [2.24, 2.45) is 5.92 Å². The molecule has 8 heteroatoms. The van der Waals surface area contributed by atoms with Crippen LogP contribution >= 0.6 is 0 Å². The number of piperidine rings is 1. The van der Waals surface area contributed by atoms with Crippen molar-refractivity contribution in [2.75, 3.05) is 31.6 Å². The zero-order valence-corrected chi connectivity index (χ0v) is 17.3. The number of sulfonamides is 1. The quantitative estimate of drug-likeness (QED) is 0.700. The molecule has 1 aliphatic rings. The maximum absolute atomic E-state index is 12.7. The van der Waals surface area contributed by atoms with Crippen LogP contribution in [0, 0.1) is 5.92 Å². The van der Waals surface area contributed by atoms with Gasteiger partial charge in [0.1, 0.15) is 0 Å². The molecule has 7 nitrogen and oxygen atoms in total. The summed E-state index contributed by atoms with van der Waals surface area (Å²) in [5, 5.41) is 0. The molecule has 154 valence electrons. The average Bonchev–Trinajstić information content (AvgIpc) is 2.78. The second kappa shape index (κ2) is 8.65. The summed E-state index contributed by atoms with van der Waals surface area (Å²) in [5.74, 6) is -0.527. The Bertz CT molecular complexity index is 966. The van der Waals surface area contributed by atoms with Gasteiger partial charge in [-0.05, 0) is 49.2 Å². The van der Waals surface area contributed by atoms with Gasteiger partial charge < -0.3 is 9.64 Å². The minimum Gasteiger partial charge on any atom is -0.469 e. The van der Waals surface area contributed by atoms with Gasteiger partial charge in [0.2, 0.25) is 0 Å². The van der Waals surface area contributed by atoms with E-state index in [1.807, 2.05) is 0 Å². The van der Waals surface area contributed by atoms with Crippen LogP contribution in [0.15, 0.2) is 59.5 Å². The molecule has 0 unspecified atom stereocenters. The molecule has 0 N–H and O–H groups in total. The Morgan fingerprint density at radius 3 is 2.14 bits per heavy atom. The predicted octanol–water partition coefficient (Wildman–Crippen LogP) is 2.54. The number of rotatable bonds is 5. The number of esters is 1. The number of hydrogen-bond acceptors (Lipinski definition) is 5. The van der Waals surface area contributed by atoms with E-state index in [-0.39, 0.29) is 22.7 Å². The fourth-order valence-corrected chi connectivity index (χ4v) is 4.59. The SMILES string of the molecule is COC(=O)C1CCN(C(=O)c2ccc(N(C)S(=O)(=O)c3ccccc3)cc2)CC1. The fourth-order valence-electron chi connectivity index (χ4n) is 3.37. The minimum absolute atomic E-state index is 0.131. The molecule has 0 atom stereocenters. The van der Waals surface area contributed by atoms with Gasteiger partial charge in [0.25, 0.3) is 15.9 Å². The summed E-state index contributed by atoms with van der Waals surface area (Å²) in [6, 6.07) is 14.7. The molecule has 3 rings (SSSR count). The van der Waals surface area contributed by atoms with Crippen LogP contribution in [0.5, 0.6) is 0 Å². The van der Waals surface area contributed by atoms with E-state index < -0.39 is 10.0 Å². The number of carbonyl (C=O) groups is 2. The summed E-state index contributed by atoms with van der Waals surface area (Å²) in [7, 11) is -0.814. The molecule has 1 heterocycles. The molecule has 1 aliphatic heterocycles. The summed E-state index contributed by atoms with van der Waals surface area (Å²) >= 11 is 0. The highest BCUT2D eigenvalue weighted by Gasteiger charge is 2.28. The first-order valence-corrected chi connectivity index (χ1v) is 10.8. The molecular formula is C21H24N2O5S. The topological polar surface area (TPSA) is 84.0 Å². The largest absolute Gasteiger partial charge is 0.469 e. The molecule has 1 saturated heterocycles.